The van der Waals surface area contributed by atoms with Gasteiger partial charge in [0.1, 0.15) is 0 Å². The summed E-state index contributed by atoms with van der Waals surface area (Å²) in [6.45, 7) is 0.556. The first kappa shape index (κ1) is 16.6. The molecule has 1 aliphatic rings. The summed E-state index contributed by atoms with van der Waals surface area (Å²) < 4.78 is 24.0. The maximum Gasteiger partial charge on any atom is 0.307 e. The third-order valence-corrected chi connectivity index (χ3v) is 3.83. The molecule has 0 aromatic heterocycles. The van der Waals surface area contributed by atoms with Gasteiger partial charge in [-0.25, -0.2) is 13.1 Å². The molecule has 0 saturated carbocycles. The number of carbonyl (C=O) groups excluding carboxylic acids is 1. The highest BCUT2D eigenvalue weighted by atomic mass is 32.2. The molecular formula is C12H20N2O5S. The standard InChI is InChI=1S/C12H20N2O5S/c1-20(18,19)14-8-4-7-13-11(15)9-5-2-3-6-10(9)12(16)17/h2-3,9-10,14H,4-8H2,1H3,(H,13,15)(H,16,17)/t9-,10+/m1/s1. The molecular weight excluding hydrogens is 284 g/mol. The van der Waals surface area contributed by atoms with Gasteiger partial charge < -0.3 is 10.4 Å². The van der Waals surface area contributed by atoms with Crippen molar-refractivity contribution >= 4 is 21.9 Å². The molecule has 2 atom stereocenters. The highest BCUT2D eigenvalue weighted by Gasteiger charge is 2.33. The second-order valence-electron chi connectivity index (χ2n) is 4.81. The number of allylic oxidation sites excluding steroid dienone is 2. The minimum atomic E-state index is -3.21. The van der Waals surface area contributed by atoms with Crippen LogP contribution in [0.4, 0.5) is 0 Å². The molecule has 7 nitrogen and oxygen atoms in total. The average molecular weight is 304 g/mol. The Hall–Kier alpha value is -1.41. The molecule has 0 aromatic carbocycles. The second kappa shape index (κ2) is 7.39. The quantitative estimate of drug-likeness (QED) is 0.442. The van der Waals surface area contributed by atoms with Gasteiger partial charge in [0.15, 0.2) is 0 Å². The van der Waals surface area contributed by atoms with E-state index in [4.69, 9.17) is 5.11 Å². The summed E-state index contributed by atoms with van der Waals surface area (Å²) in [6, 6.07) is 0. The first-order chi connectivity index (χ1) is 9.31. The van der Waals surface area contributed by atoms with Crippen LogP contribution in [0.15, 0.2) is 12.2 Å². The lowest BCUT2D eigenvalue weighted by atomic mass is 9.82. The smallest absolute Gasteiger partial charge is 0.307 e. The third-order valence-electron chi connectivity index (χ3n) is 3.10. The lowest BCUT2D eigenvalue weighted by Crippen LogP contribution is -2.39. The molecule has 0 heterocycles. The van der Waals surface area contributed by atoms with Gasteiger partial charge in [-0.15, -0.1) is 0 Å². The van der Waals surface area contributed by atoms with E-state index in [9.17, 15) is 18.0 Å². The molecule has 0 radical (unpaired) electrons. The molecule has 1 rings (SSSR count). The van der Waals surface area contributed by atoms with Crippen molar-refractivity contribution in [2.45, 2.75) is 19.3 Å². The molecule has 0 bridgehead atoms. The highest BCUT2D eigenvalue weighted by Crippen LogP contribution is 2.25. The van der Waals surface area contributed by atoms with Gasteiger partial charge in [-0.2, -0.15) is 0 Å². The van der Waals surface area contributed by atoms with Crippen LogP contribution in [0.25, 0.3) is 0 Å². The minimum absolute atomic E-state index is 0.242. The number of nitrogens with one attached hydrogen (secondary N) is 2. The second-order valence-corrected chi connectivity index (χ2v) is 6.64. The Balaban J connectivity index is 2.35. The van der Waals surface area contributed by atoms with E-state index < -0.39 is 27.8 Å². The molecule has 20 heavy (non-hydrogen) atoms. The van der Waals surface area contributed by atoms with E-state index in [0.717, 1.165) is 6.26 Å². The maximum absolute atomic E-state index is 11.9. The number of rotatable bonds is 7. The summed E-state index contributed by atoms with van der Waals surface area (Å²) in [6.07, 6.45) is 5.90. The Kier molecular flexibility index (Phi) is 6.15. The molecule has 0 aromatic rings. The zero-order valence-electron chi connectivity index (χ0n) is 11.3. The summed E-state index contributed by atoms with van der Waals surface area (Å²) >= 11 is 0. The van der Waals surface area contributed by atoms with E-state index in [1.54, 1.807) is 6.08 Å². The third kappa shape index (κ3) is 5.70. The first-order valence-corrected chi connectivity index (χ1v) is 8.30. The fourth-order valence-corrected chi connectivity index (χ4v) is 2.58. The number of carbonyl (C=O) groups is 2. The van der Waals surface area contributed by atoms with Crippen LogP contribution in [0, 0.1) is 11.8 Å². The van der Waals surface area contributed by atoms with Crippen molar-refractivity contribution in [1.82, 2.24) is 10.0 Å². The van der Waals surface area contributed by atoms with Crippen molar-refractivity contribution in [2.75, 3.05) is 19.3 Å². The maximum atomic E-state index is 11.9. The molecule has 1 aliphatic carbocycles. The van der Waals surface area contributed by atoms with Crippen LogP contribution in [0.2, 0.25) is 0 Å². The molecule has 8 heteroatoms. The summed E-state index contributed by atoms with van der Waals surface area (Å²) in [5.74, 6) is -2.50. The zero-order valence-corrected chi connectivity index (χ0v) is 12.1. The summed E-state index contributed by atoms with van der Waals surface area (Å²) in [7, 11) is -3.21. The Morgan fingerprint density at radius 1 is 1.20 bits per heavy atom. The van der Waals surface area contributed by atoms with Gasteiger partial charge >= 0.3 is 5.97 Å². The minimum Gasteiger partial charge on any atom is -0.481 e. The van der Waals surface area contributed by atoms with Crippen molar-refractivity contribution in [2.24, 2.45) is 11.8 Å². The zero-order chi connectivity index (χ0) is 15.2. The highest BCUT2D eigenvalue weighted by molar-refractivity contribution is 7.88. The van der Waals surface area contributed by atoms with Crippen LogP contribution < -0.4 is 10.0 Å². The van der Waals surface area contributed by atoms with Crippen molar-refractivity contribution in [3.63, 3.8) is 0 Å². The number of sulfonamides is 1. The Bertz CT molecular complexity index is 486. The van der Waals surface area contributed by atoms with E-state index in [2.05, 4.69) is 10.0 Å². The summed E-state index contributed by atoms with van der Waals surface area (Å²) in [5.41, 5.74) is 0. The summed E-state index contributed by atoms with van der Waals surface area (Å²) in [4.78, 5) is 23.0. The van der Waals surface area contributed by atoms with E-state index in [1.807, 2.05) is 6.08 Å². The fraction of sp³-hybridized carbons (Fsp3) is 0.667. The average Bonchev–Trinajstić information content (AvgIpc) is 2.36. The number of aliphatic carboxylic acids is 1. The van der Waals surface area contributed by atoms with Gasteiger partial charge in [-0.3, -0.25) is 9.59 Å². The van der Waals surface area contributed by atoms with Crippen LogP contribution in [-0.4, -0.2) is 44.7 Å². The Labute approximate surface area is 118 Å². The fourth-order valence-electron chi connectivity index (χ4n) is 2.07. The van der Waals surface area contributed by atoms with Crippen molar-refractivity contribution in [3.05, 3.63) is 12.2 Å². The van der Waals surface area contributed by atoms with Gasteiger partial charge in [0.2, 0.25) is 15.9 Å². The SMILES string of the molecule is CS(=O)(=O)NCCCNC(=O)[C@@H]1CC=CC[C@@H]1C(=O)O. The predicted octanol–water partition coefficient (Wildman–Crippen LogP) is -0.291. The lowest BCUT2D eigenvalue weighted by Gasteiger charge is -2.24. The number of carboxylic acid groups (broad SMARTS) is 1. The molecule has 0 spiro atoms. The molecule has 0 saturated heterocycles. The number of hydrogen-bond acceptors (Lipinski definition) is 4. The van der Waals surface area contributed by atoms with Gasteiger partial charge in [0.05, 0.1) is 18.1 Å². The van der Waals surface area contributed by atoms with Crippen molar-refractivity contribution < 1.29 is 23.1 Å². The van der Waals surface area contributed by atoms with Crippen LogP contribution in [-0.2, 0) is 19.6 Å². The predicted molar refractivity (Wildman–Crippen MR) is 73.5 cm³/mol. The Morgan fingerprint density at radius 2 is 1.80 bits per heavy atom. The number of hydrogen-bond donors (Lipinski definition) is 3. The molecule has 3 N–H and O–H groups in total. The van der Waals surface area contributed by atoms with Crippen LogP contribution in [0.5, 0.6) is 0 Å². The normalized spacial score (nSPS) is 22.4. The molecule has 1 amide bonds. The van der Waals surface area contributed by atoms with Gasteiger partial charge in [0, 0.05) is 13.1 Å². The van der Waals surface area contributed by atoms with E-state index >= 15 is 0 Å². The molecule has 0 fully saturated rings. The number of amides is 1. The largest absolute Gasteiger partial charge is 0.481 e. The van der Waals surface area contributed by atoms with Crippen LogP contribution in [0.3, 0.4) is 0 Å². The first-order valence-electron chi connectivity index (χ1n) is 6.41. The lowest BCUT2D eigenvalue weighted by molar-refractivity contribution is -0.147. The van der Waals surface area contributed by atoms with Gasteiger partial charge in [0.25, 0.3) is 0 Å². The van der Waals surface area contributed by atoms with Crippen molar-refractivity contribution in [1.29, 1.82) is 0 Å². The molecule has 114 valence electrons. The van der Waals surface area contributed by atoms with Crippen LogP contribution >= 0.6 is 0 Å². The van der Waals surface area contributed by atoms with E-state index in [0.29, 0.717) is 25.8 Å². The summed E-state index contributed by atoms with van der Waals surface area (Å²) in [5, 5.41) is 11.7. The van der Waals surface area contributed by atoms with Gasteiger partial charge in [-0.05, 0) is 19.3 Å². The number of carboxylic acids is 1. The monoisotopic (exact) mass is 304 g/mol. The Morgan fingerprint density at radius 3 is 2.35 bits per heavy atom. The van der Waals surface area contributed by atoms with Crippen molar-refractivity contribution in [3.8, 4) is 0 Å². The van der Waals surface area contributed by atoms with E-state index in [-0.39, 0.29) is 12.5 Å². The molecule has 0 aliphatic heterocycles. The van der Waals surface area contributed by atoms with Crippen LogP contribution in [0.1, 0.15) is 19.3 Å². The van der Waals surface area contributed by atoms with Gasteiger partial charge in [-0.1, -0.05) is 12.2 Å². The molecule has 0 unspecified atom stereocenters. The van der Waals surface area contributed by atoms with E-state index in [1.165, 1.54) is 0 Å². The topological polar surface area (TPSA) is 113 Å².